The van der Waals surface area contributed by atoms with E-state index in [2.05, 4.69) is 20.2 Å². The Labute approximate surface area is 276 Å². The number of hydrogen-bond acceptors (Lipinski definition) is 9. The topological polar surface area (TPSA) is 119 Å². The molecule has 0 radical (unpaired) electrons. The Morgan fingerprint density at radius 2 is 1.77 bits per heavy atom. The molecule has 1 aliphatic rings. The molecule has 0 aliphatic carbocycles. The minimum Gasteiger partial charge on any atom is -0.497 e. The van der Waals surface area contributed by atoms with E-state index in [9.17, 15) is 9.90 Å². The summed E-state index contributed by atoms with van der Waals surface area (Å²) in [4.78, 5) is 25.9. The fraction of sp³-hybridized carbons (Fsp3) is 0.361. The Kier molecular flexibility index (Phi) is 11.8. The van der Waals surface area contributed by atoms with E-state index in [0.717, 1.165) is 24.3 Å². The molecule has 248 valence electrons. The number of nitrogens with one attached hydrogen (secondary N) is 1. The van der Waals surface area contributed by atoms with Gasteiger partial charge in [-0.25, -0.2) is 14.7 Å². The van der Waals surface area contributed by atoms with Gasteiger partial charge in [-0.1, -0.05) is 36.8 Å². The van der Waals surface area contributed by atoms with Gasteiger partial charge in [0.2, 0.25) is 5.95 Å². The first-order valence-electron chi connectivity index (χ1n) is 15.9. The van der Waals surface area contributed by atoms with Gasteiger partial charge in [0.1, 0.15) is 23.1 Å². The lowest BCUT2D eigenvalue weighted by molar-refractivity contribution is 0.183. The number of benzene rings is 3. The number of amides is 1. The second-order valence-electron chi connectivity index (χ2n) is 11.3. The first-order chi connectivity index (χ1) is 23.0. The Balaban J connectivity index is 1.42. The van der Waals surface area contributed by atoms with Crippen LogP contribution in [0.15, 0.2) is 79.0 Å². The fourth-order valence-electron chi connectivity index (χ4n) is 5.92. The molecule has 11 nitrogen and oxygen atoms in total. The average molecular weight is 642 g/mol. The maximum Gasteiger partial charge on any atom is 0.413 e. The molecule has 47 heavy (non-hydrogen) atoms. The van der Waals surface area contributed by atoms with Gasteiger partial charge in [-0.15, -0.1) is 0 Å². The summed E-state index contributed by atoms with van der Waals surface area (Å²) >= 11 is 0. The van der Waals surface area contributed by atoms with Crippen molar-refractivity contribution >= 4 is 23.5 Å². The summed E-state index contributed by atoms with van der Waals surface area (Å²) in [6.07, 6.45) is 5.16. The van der Waals surface area contributed by atoms with Crippen molar-refractivity contribution in [2.75, 3.05) is 57.8 Å². The molecule has 1 amide bonds. The highest BCUT2D eigenvalue weighted by Crippen LogP contribution is 2.40. The lowest BCUT2D eigenvalue weighted by Crippen LogP contribution is -2.36. The van der Waals surface area contributed by atoms with E-state index < -0.39 is 12.1 Å². The first-order valence-corrected chi connectivity index (χ1v) is 15.9. The molecule has 3 aromatic carbocycles. The number of carbonyl (C=O) groups is 1. The van der Waals surface area contributed by atoms with E-state index in [1.54, 1.807) is 45.6 Å². The van der Waals surface area contributed by atoms with Crippen LogP contribution in [0.4, 0.5) is 22.2 Å². The third kappa shape index (κ3) is 8.69. The quantitative estimate of drug-likeness (QED) is 0.133. The van der Waals surface area contributed by atoms with Crippen molar-refractivity contribution in [3.8, 4) is 17.2 Å². The molecule has 1 aromatic heterocycles. The average Bonchev–Trinajstić information content (AvgIpc) is 3.10. The second kappa shape index (κ2) is 16.6. The minimum atomic E-state index is -1.21. The van der Waals surface area contributed by atoms with Gasteiger partial charge in [-0.3, -0.25) is 0 Å². The molecule has 5 rings (SSSR count). The molecule has 1 saturated heterocycles. The van der Waals surface area contributed by atoms with Gasteiger partial charge in [-0.05, 0) is 79.9 Å². The Morgan fingerprint density at radius 3 is 2.53 bits per heavy atom. The number of piperidine rings is 1. The van der Waals surface area contributed by atoms with Crippen LogP contribution in [0.5, 0.6) is 17.2 Å². The Morgan fingerprint density at radius 1 is 0.936 bits per heavy atom. The van der Waals surface area contributed by atoms with Crippen LogP contribution in [0.3, 0.4) is 0 Å². The minimum absolute atomic E-state index is 0.169. The third-order valence-electron chi connectivity index (χ3n) is 8.16. The normalized spacial score (nSPS) is 13.9. The summed E-state index contributed by atoms with van der Waals surface area (Å²) < 4.78 is 22.8. The third-order valence-corrected chi connectivity index (χ3v) is 8.16. The number of hydrogen-bond donors (Lipinski definition) is 2. The number of aromatic nitrogens is 2. The number of rotatable bonds is 15. The number of ether oxygens (including phenoxy) is 4. The van der Waals surface area contributed by atoms with Gasteiger partial charge in [0.05, 0.1) is 33.5 Å². The van der Waals surface area contributed by atoms with Crippen molar-refractivity contribution in [3.05, 3.63) is 95.7 Å². The van der Waals surface area contributed by atoms with Crippen LogP contribution >= 0.6 is 0 Å². The molecule has 1 atom stereocenters. The summed E-state index contributed by atoms with van der Waals surface area (Å²) in [5.41, 5.74) is 2.82. The number of methoxy groups -OCH3 is 3. The van der Waals surface area contributed by atoms with E-state index in [-0.39, 0.29) is 18.4 Å². The zero-order valence-corrected chi connectivity index (χ0v) is 27.2. The van der Waals surface area contributed by atoms with Gasteiger partial charge in [-0.2, -0.15) is 4.98 Å². The maximum atomic E-state index is 13.2. The molecular weight excluding hydrogens is 598 g/mol. The molecule has 0 saturated carbocycles. The largest absolute Gasteiger partial charge is 0.497 e. The van der Waals surface area contributed by atoms with Crippen LogP contribution in [0.2, 0.25) is 0 Å². The number of carboxylic acid groups (broad SMARTS) is 1. The Hall–Kier alpha value is -4.87. The molecule has 0 bridgehead atoms. The highest BCUT2D eigenvalue weighted by atomic mass is 16.5. The standard InChI is InChI=1S/C36H43N5O6/c1-44-25-26-11-5-6-14-30(26)34(31-24-28(45-2)15-16-32(31)46-3)41(36(42)43)33-17-18-37-35(39-33)38-27-12-9-13-29(23-27)47-22-10-21-40-19-7-4-8-20-40/h5-6,9,11-18,23-24,34H,4,7-8,10,19-22,25H2,1-3H3,(H,42,43)(H,37,38,39). The molecular formula is C36H43N5O6. The first kappa shape index (κ1) is 33.5. The zero-order valence-electron chi connectivity index (χ0n) is 27.2. The van der Waals surface area contributed by atoms with Crippen molar-refractivity contribution in [3.63, 3.8) is 0 Å². The summed E-state index contributed by atoms with van der Waals surface area (Å²) in [5, 5.41) is 14.0. The molecule has 11 heteroatoms. The monoisotopic (exact) mass is 641 g/mol. The molecule has 1 unspecified atom stereocenters. The molecule has 4 aromatic rings. The van der Waals surface area contributed by atoms with E-state index >= 15 is 0 Å². The van der Waals surface area contributed by atoms with Gasteiger partial charge < -0.3 is 34.3 Å². The molecule has 1 fully saturated rings. The van der Waals surface area contributed by atoms with E-state index in [1.165, 1.54) is 43.4 Å². The van der Waals surface area contributed by atoms with Gasteiger partial charge in [0, 0.05) is 37.2 Å². The number of nitrogens with zero attached hydrogens (tertiary/aromatic N) is 4. The molecule has 1 aliphatic heterocycles. The summed E-state index contributed by atoms with van der Waals surface area (Å²) in [5.74, 6) is 2.19. The number of likely N-dealkylation sites (tertiary alicyclic amines) is 1. The van der Waals surface area contributed by atoms with Gasteiger partial charge in [0.15, 0.2) is 0 Å². The summed E-state index contributed by atoms with van der Waals surface area (Å²) in [6.45, 7) is 4.28. The Bertz CT molecular complexity index is 1610. The van der Waals surface area contributed by atoms with Gasteiger partial charge >= 0.3 is 6.09 Å². The van der Waals surface area contributed by atoms with Crippen molar-refractivity contribution in [1.29, 1.82) is 0 Å². The van der Waals surface area contributed by atoms with E-state index in [0.29, 0.717) is 34.9 Å². The summed E-state index contributed by atoms with van der Waals surface area (Å²) in [6, 6.07) is 21.1. The molecule has 2 heterocycles. The highest BCUT2D eigenvalue weighted by molar-refractivity contribution is 5.87. The van der Waals surface area contributed by atoms with E-state index in [4.69, 9.17) is 18.9 Å². The molecule has 2 N–H and O–H groups in total. The second-order valence-corrected chi connectivity index (χ2v) is 11.3. The van der Waals surface area contributed by atoms with Crippen LogP contribution in [0.25, 0.3) is 0 Å². The van der Waals surface area contributed by atoms with Crippen molar-refractivity contribution in [2.24, 2.45) is 0 Å². The van der Waals surface area contributed by atoms with Crippen LogP contribution in [0, 0.1) is 0 Å². The van der Waals surface area contributed by atoms with Crippen LogP contribution in [-0.4, -0.2) is 73.6 Å². The van der Waals surface area contributed by atoms with Crippen molar-refractivity contribution in [2.45, 2.75) is 38.3 Å². The number of anilines is 3. The van der Waals surface area contributed by atoms with Crippen molar-refractivity contribution in [1.82, 2.24) is 14.9 Å². The van der Waals surface area contributed by atoms with E-state index in [1.807, 2.05) is 48.5 Å². The maximum absolute atomic E-state index is 13.2. The summed E-state index contributed by atoms with van der Waals surface area (Å²) in [7, 11) is 4.71. The lowest BCUT2D eigenvalue weighted by atomic mass is 9.92. The van der Waals surface area contributed by atoms with Crippen molar-refractivity contribution < 1.29 is 28.8 Å². The predicted octanol–water partition coefficient (Wildman–Crippen LogP) is 6.91. The highest BCUT2D eigenvalue weighted by Gasteiger charge is 2.33. The smallest absolute Gasteiger partial charge is 0.413 e. The zero-order chi connectivity index (χ0) is 33.0. The predicted molar refractivity (Wildman–Crippen MR) is 181 cm³/mol. The van der Waals surface area contributed by atoms with Gasteiger partial charge in [0.25, 0.3) is 0 Å². The molecule has 0 spiro atoms. The van der Waals surface area contributed by atoms with Crippen LogP contribution < -0.4 is 24.4 Å². The van der Waals surface area contributed by atoms with Crippen LogP contribution in [0.1, 0.15) is 48.4 Å². The van der Waals surface area contributed by atoms with Crippen LogP contribution in [-0.2, 0) is 11.3 Å². The lowest BCUT2D eigenvalue weighted by Gasteiger charge is -2.32. The SMILES string of the molecule is COCc1ccccc1C(c1cc(OC)ccc1OC)N(C(=O)O)c1ccnc(Nc2cccc(OCCCN3CCCCC3)c2)n1. The fourth-order valence-corrected chi connectivity index (χ4v) is 5.92.